The summed E-state index contributed by atoms with van der Waals surface area (Å²) in [5.74, 6) is -0.261. The Morgan fingerprint density at radius 3 is 2.64 bits per heavy atom. The number of aromatic nitrogens is 1. The number of rotatable bonds is 6. The molecular weight excluding hydrogens is 442 g/mol. The van der Waals surface area contributed by atoms with Gasteiger partial charge in [-0.05, 0) is 81.3 Å². The van der Waals surface area contributed by atoms with Crippen LogP contribution in [-0.4, -0.2) is 60.2 Å². The lowest BCUT2D eigenvalue weighted by molar-refractivity contribution is -0.145. The van der Waals surface area contributed by atoms with E-state index in [1.54, 1.807) is 13.1 Å². The number of amides is 1. The van der Waals surface area contributed by atoms with Crippen LogP contribution in [0.2, 0.25) is 5.02 Å². The van der Waals surface area contributed by atoms with Gasteiger partial charge in [0.1, 0.15) is 5.82 Å². The average Bonchev–Trinajstić information content (AvgIpc) is 3.59. The fourth-order valence-electron chi connectivity index (χ4n) is 5.09. The number of hydrogen-bond donors (Lipinski definition) is 1. The molecule has 8 heteroatoms. The summed E-state index contributed by atoms with van der Waals surface area (Å²) in [7, 11) is 0. The molecule has 0 bridgehead atoms. The Kier molecular flexibility index (Phi) is 6.05. The summed E-state index contributed by atoms with van der Waals surface area (Å²) < 4.78 is 10.4. The third kappa shape index (κ3) is 4.46. The number of hydrogen-bond acceptors (Lipinski definition) is 6. The summed E-state index contributed by atoms with van der Waals surface area (Å²) in [5, 5.41) is 5.57. The number of piperidine rings is 1. The molecule has 1 N–H and O–H groups in total. The van der Waals surface area contributed by atoms with Gasteiger partial charge in [-0.1, -0.05) is 11.6 Å². The second-order valence-electron chi connectivity index (χ2n) is 9.73. The summed E-state index contributed by atoms with van der Waals surface area (Å²) in [6, 6.07) is 5.99. The van der Waals surface area contributed by atoms with Crippen molar-refractivity contribution in [1.82, 2.24) is 9.88 Å². The molecule has 2 unspecified atom stereocenters. The average molecular weight is 472 g/mol. The number of halogens is 1. The minimum absolute atomic E-state index is 0.185. The van der Waals surface area contributed by atoms with Crippen molar-refractivity contribution in [3.63, 3.8) is 0 Å². The summed E-state index contributed by atoms with van der Waals surface area (Å²) in [6.07, 6.45) is 4.39. The van der Waals surface area contributed by atoms with Gasteiger partial charge in [-0.15, -0.1) is 0 Å². The number of benzene rings is 1. The van der Waals surface area contributed by atoms with E-state index in [-0.39, 0.29) is 29.3 Å². The van der Waals surface area contributed by atoms with E-state index in [2.05, 4.69) is 28.2 Å². The lowest BCUT2D eigenvalue weighted by Gasteiger charge is -2.50. The van der Waals surface area contributed by atoms with E-state index < -0.39 is 0 Å². The van der Waals surface area contributed by atoms with Crippen LogP contribution in [-0.2, 0) is 19.1 Å². The van der Waals surface area contributed by atoms with Crippen molar-refractivity contribution in [2.45, 2.75) is 44.6 Å². The van der Waals surface area contributed by atoms with E-state index in [9.17, 15) is 9.59 Å². The maximum Gasteiger partial charge on any atom is 0.309 e. The van der Waals surface area contributed by atoms with Crippen LogP contribution in [0, 0.1) is 11.8 Å². The zero-order valence-electron chi connectivity index (χ0n) is 19.1. The highest BCUT2D eigenvalue weighted by Crippen LogP contribution is 2.41. The molecule has 3 fully saturated rings. The summed E-state index contributed by atoms with van der Waals surface area (Å²) in [5.41, 5.74) is 1.34. The van der Waals surface area contributed by atoms with Crippen molar-refractivity contribution < 1.29 is 19.1 Å². The molecule has 1 aliphatic carbocycles. The number of likely N-dealkylation sites (tertiary alicyclic amines) is 1. The van der Waals surface area contributed by atoms with Gasteiger partial charge >= 0.3 is 5.97 Å². The molecule has 7 nitrogen and oxygen atoms in total. The molecular formula is C25H30ClN3O4. The van der Waals surface area contributed by atoms with Crippen molar-refractivity contribution in [3.05, 3.63) is 35.0 Å². The van der Waals surface area contributed by atoms with Crippen LogP contribution >= 0.6 is 11.6 Å². The third-order valence-corrected chi connectivity index (χ3v) is 7.66. The SMILES string of the molecule is CCOC(=O)C1CC1C(=O)Nc1cc2cc(C3CCN(C4(C)COC4)CC3)c(Cl)cc2cn1. The molecule has 5 rings (SSSR count). The molecule has 3 aliphatic rings. The number of fused-ring (bicyclic) bond motifs is 1. The van der Waals surface area contributed by atoms with Crippen LogP contribution in [0.25, 0.3) is 10.8 Å². The number of esters is 1. The Bertz CT molecular complexity index is 1080. The first-order valence-corrected chi connectivity index (χ1v) is 12.2. The molecule has 1 aromatic carbocycles. The van der Waals surface area contributed by atoms with Crippen LogP contribution in [0.1, 0.15) is 44.6 Å². The second-order valence-corrected chi connectivity index (χ2v) is 10.1. The number of ether oxygens (including phenoxy) is 2. The summed E-state index contributed by atoms with van der Waals surface area (Å²) in [4.78, 5) is 31.3. The highest BCUT2D eigenvalue weighted by molar-refractivity contribution is 6.32. The van der Waals surface area contributed by atoms with Gasteiger partial charge in [-0.2, -0.15) is 0 Å². The smallest absolute Gasteiger partial charge is 0.309 e. The van der Waals surface area contributed by atoms with E-state index in [1.165, 1.54) is 0 Å². The van der Waals surface area contributed by atoms with Crippen molar-refractivity contribution in [3.8, 4) is 0 Å². The van der Waals surface area contributed by atoms with Gasteiger partial charge in [-0.25, -0.2) is 4.98 Å². The molecule has 1 aromatic heterocycles. The Morgan fingerprint density at radius 2 is 1.97 bits per heavy atom. The Hall–Kier alpha value is -2.22. The minimum Gasteiger partial charge on any atom is -0.466 e. The molecule has 0 spiro atoms. The van der Waals surface area contributed by atoms with Gasteiger partial charge in [0.05, 0.1) is 37.2 Å². The van der Waals surface area contributed by atoms with Crippen LogP contribution in [0.4, 0.5) is 5.82 Å². The molecule has 3 heterocycles. The van der Waals surface area contributed by atoms with E-state index in [0.717, 1.165) is 60.5 Å². The molecule has 2 atom stereocenters. The van der Waals surface area contributed by atoms with Crippen LogP contribution < -0.4 is 5.32 Å². The summed E-state index contributed by atoms with van der Waals surface area (Å²) >= 11 is 6.67. The Balaban J connectivity index is 1.27. The molecule has 2 aromatic rings. The lowest BCUT2D eigenvalue weighted by Crippen LogP contribution is -2.61. The topological polar surface area (TPSA) is 80.8 Å². The minimum atomic E-state index is -0.338. The number of anilines is 1. The quantitative estimate of drug-likeness (QED) is 0.641. The lowest BCUT2D eigenvalue weighted by atomic mass is 9.85. The first kappa shape index (κ1) is 22.6. The van der Waals surface area contributed by atoms with Crippen LogP contribution in [0.5, 0.6) is 0 Å². The molecule has 2 saturated heterocycles. The first-order valence-electron chi connectivity index (χ1n) is 11.8. The standard InChI is InChI=1S/C25H30ClN3O4/c1-3-33-24(31)20-11-19(20)23(30)28-22-10-16-8-18(21(26)9-17(16)12-27-22)15-4-6-29(7-5-15)25(2)13-32-14-25/h8-10,12,15,19-20H,3-7,11,13-14H2,1-2H3,(H,27,28,30). The maximum atomic E-state index is 12.5. The van der Waals surface area contributed by atoms with E-state index in [1.807, 2.05) is 12.1 Å². The van der Waals surface area contributed by atoms with Crippen molar-refractivity contribution >= 4 is 40.1 Å². The molecule has 1 saturated carbocycles. The van der Waals surface area contributed by atoms with Gasteiger partial charge < -0.3 is 14.8 Å². The van der Waals surface area contributed by atoms with Gasteiger partial charge in [0, 0.05) is 16.6 Å². The number of carbonyl (C=O) groups is 2. The molecule has 33 heavy (non-hydrogen) atoms. The zero-order valence-corrected chi connectivity index (χ0v) is 19.9. The number of nitrogens with one attached hydrogen (secondary N) is 1. The highest BCUT2D eigenvalue weighted by atomic mass is 35.5. The second kappa shape index (κ2) is 8.85. The number of pyridine rings is 1. The fraction of sp³-hybridized carbons (Fsp3) is 0.560. The van der Waals surface area contributed by atoms with Crippen molar-refractivity contribution in [1.29, 1.82) is 0 Å². The number of carbonyl (C=O) groups excluding carboxylic acids is 2. The van der Waals surface area contributed by atoms with Gasteiger partial charge in [0.2, 0.25) is 5.91 Å². The van der Waals surface area contributed by atoms with Crippen molar-refractivity contribution in [2.75, 3.05) is 38.2 Å². The molecule has 1 amide bonds. The van der Waals surface area contributed by atoms with E-state index in [4.69, 9.17) is 21.1 Å². The van der Waals surface area contributed by atoms with Crippen molar-refractivity contribution in [2.24, 2.45) is 11.8 Å². The monoisotopic (exact) mass is 471 g/mol. The fourth-order valence-corrected chi connectivity index (χ4v) is 5.41. The van der Waals surface area contributed by atoms with Gasteiger partial charge in [0.25, 0.3) is 0 Å². The third-order valence-electron chi connectivity index (χ3n) is 7.33. The predicted octanol–water partition coefficient (Wildman–Crippen LogP) is 3.99. The highest BCUT2D eigenvalue weighted by Gasteiger charge is 2.49. The van der Waals surface area contributed by atoms with Gasteiger partial charge in [-0.3, -0.25) is 14.5 Å². The van der Waals surface area contributed by atoms with E-state index >= 15 is 0 Å². The van der Waals surface area contributed by atoms with Gasteiger partial charge in [0.15, 0.2) is 0 Å². The predicted molar refractivity (Wildman–Crippen MR) is 126 cm³/mol. The normalized spacial score (nSPS) is 24.8. The molecule has 2 aliphatic heterocycles. The maximum absolute atomic E-state index is 12.5. The molecule has 176 valence electrons. The summed E-state index contributed by atoms with van der Waals surface area (Å²) in [6.45, 7) is 8.09. The Labute approximate surface area is 198 Å². The van der Waals surface area contributed by atoms with Crippen LogP contribution in [0.3, 0.4) is 0 Å². The Morgan fingerprint density at radius 1 is 1.21 bits per heavy atom. The van der Waals surface area contributed by atoms with Crippen LogP contribution in [0.15, 0.2) is 24.4 Å². The zero-order chi connectivity index (χ0) is 23.2. The molecule has 0 radical (unpaired) electrons. The largest absolute Gasteiger partial charge is 0.466 e. The van der Waals surface area contributed by atoms with E-state index in [0.29, 0.717) is 24.8 Å². The number of nitrogens with zero attached hydrogens (tertiary/aromatic N) is 2. The first-order chi connectivity index (χ1) is 15.9.